The van der Waals surface area contributed by atoms with E-state index in [0.717, 1.165) is 12.8 Å². The molecule has 0 bridgehead atoms. The number of anilines is 1. The van der Waals surface area contributed by atoms with Gasteiger partial charge in [0.1, 0.15) is 0 Å². The molecule has 41 heavy (non-hydrogen) atoms. The Kier molecular flexibility index (Phi) is 18.8. The molecule has 234 valence electrons. The molecule has 2 heterocycles. The monoisotopic (exact) mass is 575 g/mol. The molecule has 9 nitrogen and oxygen atoms in total. The number of imidazole rings is 1. The van der Waals surface area contributed by atoms with Crippen molar-refractivity contribution in [1.82, 2.24) is 19.5 Å². The Balaban J connectivity index is 1.43. The van der Waals surface area contributed by atoms with E-state index in [-0.39, 0.29) is 36.6 Å². The molecule has 9 heteroatoms. The number of carbonyl (C=O) groups excluding carboxylic acids is 1. The SMILES string of the molecule is CCCCCCCCCCCCCCCCCCCCCC(=O)OC[C@H](CCO)Cn1cnc2c(=O)[nH]c(N)nc21. The van der Waals surface area contributed by atoms with Gasteiger partial charge in [-0.05, 0) is 12.8 Å². The molecule has 0 aromatic carbocycles. The van der Waals surface area contributed by atoms with Crippen LogP contribution in [0.25, 0.3) is 11.2 Å². The summed E-state index contributed by atoms with van der Waals surface area (Å²) in [5, 5.41) is 9.45. The van der Waals surface area contributed by atoms with E-state index in [0.29, 0.717) is 25.0 Å². The van der Waals surface area contributed by atoms with Gasteiger partial charge < -0.3 is 20.1 Å². The van der Waals surface area contributed by atoms with Crippen LogP contribution in [0, 0.1) is 5.92 Å². The number of H-pyrrole nitrogens is 1. The van der Waals surface area contributed by atoms with Crippen LogP contribution in [0.15, 0.2) is 11.1 Å². The van der Waals surface area contributed by atoms with E-state index >= 15 is 0 Å². The second kappa shape index (κ2) is 22.2. The quantitative estimate of drug-likeness (QED) is 0.0806. The normalized spacial score (nSPS) is 12.2. The summed E-state index contributed by atoms with van der Waals surface area (Å²) in [5.41, 5.74) is 5.87. The molecular formula is C32H57N5O4. The third-order valence-electron chi connectivity index (χ3n) is 7.95. The lowest BCUT2D eigenvalue weighted by Gasteiger charge is -2.17. The first-order valence-corrected chi connectivity index (χ1v) is 16.5. The fourth-order valence-corrected chi connectivity index (χ4v) is 5.42. The molecule has 0 amide bonds. The maximum atomic E-state index is 12.3. The molecular weight excluding hydrogens is 518 g/mol. The van der Waals surface area contributed by atoms with E-state index in [9.17, 15) is 14.7 Å². The fraction of sp³-hybridized carbons (Fsp3) is 0.812. The van der Waals surface area contributed by atoms with Crippen LogP contribution in [0.5, 0.6) is 0 Å². The molecule has 1 atom stereocenters. The number of hydrogen-bond donors (Lipinski definition) is 3. The number of aromatic nitrogens is 4. The lowest BCUT2D eigenvalue weighted by molar-refractivity contribution is -0.145. The summed E-state index contributed by atoms with van der Waals surface area (Å²) in [6.45, 7) is 2.88. The number of esters is 1. The van der Waals surface area contributed by atoms with Crippen molar-refractivity contribution in [1.29, 1.82) is 0 Å². The molecule has 2 aromatic rings. The Bertz CT molecular complexity index is 1010. The maximum absolute atomic E-state index is 12.3. The van der Waals surface area contributed by atoms with E-state index in [1.165, 1.54) is 115 Å². The van der Waals surface area contributed by atoms with Gasteiger partial charge in [-0.15, -0.1) is 0 Å². The van der Waals surface area contributed by atoms with Gasteiger partial charge in [0.15, 0.2) is 11.2 Å². The van der Waals surface area contributed by atoms with Crippen LogP contribution in [0.1, 0.15) is 142 Å². The van der Waals surface area contributed by atoms with Gasteiger partial charge in [0, 0.05) is 25.5 Å². The number of aliphatic hydroxyl groups excluding tert-OH is 1. The molecule has 0 aliphatic heterocycles. The Labute approximate surface area is 247 Å². The van der Waals surface area contributed by atoms with Crippen LogP contribution < -0.4 is 11.3 Å². The number of nitrogens with zero attached hydrogens (tertiary/aromatic N) is 3. The van der Waals surface area contributed by atoms with Crippen LogP contribution in [0.2, 0.25) is 0 Å². The maximum Gasteiger partial charge on any atom is 0.305 e. The third kappa shape index (κ3) is 15.4. The average molecular weight is 576 g/mol. The van der Waals surface area contributed by atoms with Crippen molar-refractivity contribution >= 4 is 23.1 Å². The van der Waals surface area contributed by atoms with Crippen molar-refractivity contribution in [2.24, 2.45) is 5.92 Å². The summed E-state index contributed by atoms with van der Waals surface area (Å²) in [6.07, 6.45) is 27.6. The number of nitrogen functional groups attached to an aromatic ring is 1. The fourth-order valence-electron chi connectivity index (χ4n) is 5.42. The highest BCUT2D eigenvalue weighted by Crippen LogP contribution is 2.16. The average Bonchev–Trinajstić information content (AvgIpc) is 3.35. The number of hydrogen-bond acceptors (Lipinski definition) is 7. The second-order valence-electron chi connectivity index (χ2n) is 11.7. The summed E-state index contributed by atoms with van der Waals surface area (Å²) < 4.78 is 7.22. The van der Waals surface area contributed by atoms with E-state index in [1.807, 2.05) is 0 Å². The van der Waals surface area contributed by atoms with Gasteiger partial charge in [0.2, 0.25) is 5.95 Å². The van der Waals surface area contributed by atoms with E-state index in [4.69, 9.17) is 10.5 Å². The molecule has 2 rings (SSSR count). The van der Waals surface area contributed by atoms with Crippen LogP contribution in [-0.2, 0) is 16.1 Å². The number of nitrogens with one attached hydrogen (secondary N) is 1. The molecule has 0 unspecified atom stereocenters. The summed E-state index contributed by atoms with van der Waals surface area (Å²) >= 11 is 0. The molecule has 4 N–H and O–H groups in total. The number of carbonyl (C=O) groups is 1. The topological polar surface area (TPSA) is 136 Å². The molecule has 0 aliphatic rings. The molecule has 0 saturated carbocycles. The van der Waals surface area contributed by atoms with Crippen molar-refractivity contribution in [3.05, 3.63) is 16.7 Å². The van der Waals surface area contributed by atoms with Crippen molar-refractivity contribution in [3.8, 4) is 0 Å². The molecule has 0 aliphatic carbocycles. The van der Waals surface area contributed by atoms with E-state index in [2.05, 4.69) is 21.9 Å². The molecule has 0 saturated heterocycles. The number of fused-ring (bicyclic) bond motifs is 1. The highest BCUT2D eigenvalue weighted by molar-refractivity contribution is 5.70. The predicted molar refractivity (Wildman–Crippen MR) is 167 cm³/mol. The lowest BCUT2D eigenvalue weighted by Crippen LogP contribution is -2.21. The lowest BCUT2D eigenvalue weighted by atomic mass is 10.0. The van der Waals surface area contributed by atoms with Crippen molar-refractivity contribution < 1.29 is 14.6 Å². The number of aromatic amines is 1. The second-order valence-corrected chi connectivity index (χ2v) is 11.7. The van der Waals surface area contributed by atoms with Gasteiger partial charge in [0.25, 0.3) is 5.56 Å². The Morgan fingerprint density at radius 1 is 0.902 bits per heavy atom. The van der Waals surface area contributed by atoms with Gasteiger partial charge in [-0.3, -0.25) is 14.6 Å². The zero-order chi connectivity index (χ0) is 29.5. The predicted octanol–water partition coefficient (Wildman–Crippen LogP) is 7.07. The van der Waals surface area contributed by atoms with Gasteiger partial charge in [0.05, 0.1) is 12.9 Å². The van der Waals surface area contributed by atoms with Crippen LogP contribution >= 0.6 is 0 Å². The van der Waals surface area contributed by atoms with E-state index in [1.54, 1.807) is 4.57 Å². The zero-order valence-electron chi connectivity index (χ0n) is 25.7. The van der Waals surface area contributed by atoms with Crippen molar-refractivity contribution in [3.63, 3.8) is 0 Å². The first-order valence-electron chi connectivity index (χ1n) is 16.5. The molecule has 0 spiro atoms. The van der Waals surface area contributed by atoms with Crippen LogP contribution in [0.4, 0.5) is 5.95 Å². The minimum atomic E-state index is -0.393. The minimum Gasteiger partial charge on any atom is -0.465 e. The summed E-state index contributed by atoms with van der Waals surface area (Å²) in [7, 11) is 0. The number of rotatable bonds is 26. The Morgan fingerprint density at radius 3 is 1.93 bits per heavy atom. The zero-order valence-corrected chi connectivity index (χ0v) is 25.7. The number of aliphatic hydroxyl groups is 1. The van der Waals surface area contributed by atoms with Crippen LogP contribution in [-0.4, -0.2) is 43.8 Å². The van der Waals surface area contributed by atoms with Crippen LogP contribution in [0.3, 0.4) is 0 Å². The van der Waals surface area contributed by atoms with Crippen molar-refractivity contribution in [2.45, 2.75) is 148 Å². The molecule has 0 fully saturated rings. The third-order valence-corrected chi connectivity index (χ3v) is 7.95. The Hall–Kier alpha value is -2.42. The summed E-state index contributed by atoms with van der Waals surface area (Å²) in [6, 6.07) is 0. The van der Waals surface area contributed by atoms with Gasteiger partial charge in [-0.1, -0.05) is 122 Å². The largest absolute Gasteiger partial charge is 0.465 e. The van der Waals surface area contributed by atoms with Gasteiger partial charge >= 0.3 is 5.97 Å². The minimum absolute atomic E-state index is 0.0222. The number of unbranched alkanes of at least 4 members (excludes halogenated alkanes) is 18. The highest BCUT2D eigenvalue weighted by atomic mass is 16.5. The molecule has 0 radical (unpaired) electrons. The number of nitrogens with two attached hydrogens (primary N) is 1. The standard InChI is InChI=1S/C32H57N5O4/c1-2-3-4-5-6-7-8-9-10-11-12-13-14-15-16-17-18-19-20-21-28(39)41-25-27(22-23-38)24-37-26-34-29-30(37)35-32(33)36-31(29)40/h26-27,38H,2-25H2,1H3,(H3,33,35,36,40)/t27-/m1/s1. The summed E-state index contributed by atoms with van der Waals surface area (Å²) in [4.78, 5) is 35.0. The first-order chi connectivity index (χ1) is 20.0. The van der Waals surface area contributed by atoms with E-state index < -0.39 is 5.56 Å². The first kappa shape index (κ1) is 34.8. The Morgan fingerprint density at radius 2 is 1.41 bits per heavy atom. The highest BCUT2D eigenvalue weighted by Gasteiger charge is 2.16. The smallest absolute Gasteiger partial charge is 0.305 e. The number of ether oxygens (including phenoxy) is 1. The van der Waals surface area contributed by atoms with Crippen molar-refractivity contribution in [2.75, 3.05) is 18.9 Å². The molecule has 2 aromatic heterocycles. The summed E-state index contributed by atoms with van der Waals surface area (Å²) in [5.74, 6) is -0.294. The van der Waals surface area contributed by atoms with Gasteiger partial charge in [-0.2, -0.15) is 4.98 Å². The van der Waals surface area contributed by atoms with Gasteiger partial charge in [-0.25, -0.2) is 4.98 Å².